The lowest BCUT2D eigenvalue weighted by Gasteiger charge is -2.08. The van der Waals surface area contributed by atoms with Crippen LogP contribution in [0, 0.1) is 13.8 Å². The summed E-state index contributed by atoms with van der Waals surface area (Å²) in [4.78, 5) is 11.3. The Morgan fingerprint density at radius 1 is 1.35 bits per heavy atom. The van der Waals surface area contributed by atoms with Gasteiger partial charge in [-0.3, -0.25) is 9.52 Å². The first-order chi connectivity index (χ1) is 10.8. The van der Waals surface area contributed by atoms with Gasteiger partial charge in [-0.15, -0.1) is 10.2 Å². The lowest BCUT2D eigenvalue weighted by atomic mass is 10.2. The number of hydrogen-bond donors (Lipinski definition) is 1. The Kier molecular flexibility index (Phi) is 5.60. The van der Waals surface area contributed by atoms with Gasteiger partial charge in [-0.05, 0) is 31.0 Å². The maximum atomic E-state index is 12.4. The molecule has 1 aromatic carbocycles. The first kappa shape index (κ1) is 17.7. The molecule has 0 amide bonds. The summed E-state index contributed by atoms with van der Waals surface area (Å²) in [5.41, 5.74) is 1.50. The molecule has 2 rings (SSSR count). The maximum absolute atomic E-state index is 12.4. The molecule has 0 saturated heterocycles. The van der Waals surface area contributed by atoms with Crippen LogP contribution in [0.25, 0.3) is 0 Å². The Morgan fingerprint density at radius 3 is 2.78 bits per heavy atom. The van der Waals surface area contributed by atoms with Gasteiger partial charge in [0.2, 0.25) is 5.13 Å². The molecule has 1 N–H and O–H groups in total. The summed E-state index contributed by atoms with van der Waals surface area (Å²) in [6, 6.07) is 5.20. The fourth-order valence-corrected chi connectivity index (χ4v) is 4.80. The van der Waals surface area contributed by atoms with Gasteiger partial charge in [-0.25, -0.2) is 8.42 Å². The van der Waals surface area contributed by atoms with Gasteiger partial charge in [0.25, 0.3) is 10.0 Å². The average molecular weight is 373 g/mol. The van der Waals surface area contributed by atoms with Crippen molar-refractivity contribution in [3.8, 4) is 0 Å². The molecule has 0 bridgehead atoms. The van der Waals surface area contributed by atoms with Gasteiger partial charge in [0.1, 0.15) is 0 Å². The zero-order valence-electron chi connectivity index (χ0n) is 12.7. The number of esters is 1. The lowest BCUT2D eigenvalue weighted by Crippen LogP contribution is -2.14. The molecule has 0 saturated carbocycles. The number of hydrogen-bond acceptors (Lipinski definition) is 8. The number of nitrogens with one attached hydrogen (secondary N) is 1. The van der Waals surface area contributed by atoms with E-state index in [1.807, 2.05) is 13.0 Å². The Labute approximate surface area is 142 Å². The van der Waals surface area contributed by atoms with Gasteiger partial charge in [-0.1, -0.05) is 35.2 Å². The summed E-state index contributed by atoms with van der Waals surface area (Å²) in [6.07, 6.45) is 0. The van der Waals surface area contributed by atoms with Crippen LogP contribution in [-0.4, -0.2) is 37.4 Å². The van der Waals surface area contributed by atoms with E-state index in [0.29, 0.717) is 9.90 Å². The molecule has 23 heavy (non-hydrogen) atoms. The molecule has 0 unspecified atom stereocenters. The van der Waals surface area contributed by atoms with Crippen LogP contribution in [0.15, 0.2) is 27.4 Å². The zero-order valence-corrected chi connectivity index (χ0v) is 15.1. The van der Waals surface area contributed by atoms with E-state index in [9.17, 15) is 13.2 Å². The van der Waals surface area contributed by atoms with Crippen LogP contribution in [0.3, 0.4) is 0 Å². The zero-order chi connectivity index (χ0) is 17.0. The van der Waals surface area contributed by atoms with E-state index in [1.54, 1.807) is 19.1 Å². The smallest absolute Gasteiger partial charge is 0.316 e. The van der Waals surface area contributed by atoms with Crippen LogP contribution in [0.4, 0.5) is 5.13 Å². The molecule has 0 spiro atoms. The third-order valence-electron chi connectivity index (χ3n) is 2.80. The van der Waals surface area contributed by atoms with E-state index in [2.05, 4.69) is 19.7 Å². The van der Waals surface area contributed by atoms with Crippen molar-refractivity contribution in [2.45, 2.75) is 23.1 Å². The number of sulfonamides is 1. The minimum Gasteiger partial charge on any atom is -0.468 e. The highest BCUT2D eigenvalue weighted by atomic mass is 32.2. The van der Waals surface area contributed by atoms with E-state index in [1.165, 1.54) is 7.11 Å². The molecule has 2 aromatic rings. The standard InChI is InChI=1S/C13H15N3O4S3/c1-8-4-5-9(2)10(6-8)23(18,19)16-12-14-15-13(22-12)21-7-11(17)20-3/h4-6H,7H2,1-3H3,(H,14,16). The number of aromatic nitrogens is 2. The summed E-state index contributed by atoms with van der Waals surface area (Å²) < 4.78 is 32.3. The number of anilines is 1. The van der Waals surface area contributed by atoms with E-state index in [0.717, 1.165) is 28.7 Å². The van der Waals surface area contributed by atoms with Gasteiger partial charge in [0.15, 0.2) is 4.34 Å². The highest BCUT2D eigenvalue weighted by molar-refractivity contribution is 8.01. The summed E-state index contributed by atoms with van der Waals surface area (Å²) in [7, 11) is -2.43. The number of ether oxygens (including phenoxy) is 1. The Morgan fingerprint density at radius 2 is 2.09 bits per heavy atom. The first-order valence-electron chi connectivity index (χ1n) is 6.45. The molecule has 10 heteroatoms. The van der Waals surface area contributed by atoms with Crippen LogP contribution >= 0.6 is 23.1 Å². The third kappa shape index (κ3) is 4.66. The van der Waals surface area contributed by atoms with Crippen LogP contribution in [0.5, 0.6) is 0 Å². The molecule has 124 valence electrons. The fourth-order valence-electron chi connectivity index (χ4n) is 1.66. The molecular formula is C13H15N3O4S3. The molecule has 0 fully saturated rings. The average Bonchev–Trinajstić information content (AvgIpc) is 2.93. The minimum absolute atomic E-state index is 0.0921. The Bertz CT molecular complexity index is 818. The SMILES string of the molecule is COC(=O)CSc1nnc(NS(=O)(=O)c2cc(C)ccc2C)s1. The Hall–Kier alpha value is -1.65. The van der Waals surface area contributed by atoms with Crippen molar-refractivity contribution in [1.29, 1.82) is 0 Å². The molecular weight excluding hydrogens is 358 g/mol. The second kappa shape index (κ2) is 7.28. The van der Waals surface area contributed by atoms with Gasteiger partial charge in [-0.2, -0.15) is 0 Å². The molecule has 1 heterocycles. The number of thioether (sulfide) groups is 1. The van der Waals surface area contributed by atoms with E-state index >= 15 is 0 Å². The number of aryl methyl sites for hydroxylation is 2. The van der Waals surface area contributed by atoms with Crippen molar-refractivity contribution in [1.82, 2.24) is 10.2 Å². The molecule has 0 radical (unpaired) electrons. The van der Waals surface area contributed by atoms with E-state index < -0.39 is 10.0 Å². The van der Waals surface area contributed by atoms with Crippen molar-refractivity contribution in [3.05, 3.63) is 29.3 Å². The summed E-state index contributed by atoms with van der Waals surface area (Å²) in [5, 5.41) is 7.78. The highest BCUT2D eigenvalue weighted by Crippen LogP contribution is 2.28. The minimum atomic E-state index is -3.73. The lowest BCUT2D eigenvalue weighted by molar-refractivity contribution is -0.137. The van der Waals surface area contributed by atoms with Crippen molar-refractivity contribution < 1.29 is 17.9 Å². The second-order valence-corrected chi connectivity index (χ2v) is 8.46. The van der Waals surface area contributed by atoms with E-state index in [-0.39, 0.29) is 21.7 Å². The Balaban J connectivity index is 2.13. The predicted molar refractivity (Wildman–Crippen MR) is 89.4 cm³/mol. The highest BCUT2D eigenvalue weighted by Gasteiger charge is 2.19. The van der Waals surface area contributed by atoms with Gasteiger partial charge >= 0.3 is 5.97 Å². The second-order valence-electron chi connectivity index (χ2n) is 4.61. The summed E-state index contributed by atoms with van der Waals surface area (Å²) >= 11 is 2.20. The number of benzene rings is 1. The number of carbonyl (C=O) groups excluding carboxylic acids is 1. The molecule has 1 aromatic heterocycles. The van der Waals surface area contributed by atoms with Gasteiger partial charge in [0.05, 0.1) is 17.8 Å². The molecule has 0 aliphatic rings. The number of rotatable bonds is 6. The van der Waals surface area contributed by atoms with Gasteiger partial charge in [0, 0.05) is 0 Å². The number of methoxy groups -OCH3 is 1. The summed E-state index contributed by atoms with van der Waals surface area (Å²) in [6.45, 7) is 3.55. The topological polar surface area (TPSA) is 98.2 Å². The fraction of sp³-hybridized carbons (Fsp3) is 0.308. The normalized spacial score (nSPS) is 11.3. The third-order valence-corrected chi connectivity index (χ3v) is 6.36. The predicted octanol–water partition coefficient (Wildman–Crippen LogP) is 2.22. The van der Waals surface area contributed by atoms with Crippen LogP contribution < -0.4 is 4.72 Å². The number of carbonyl (C=O) groups is 1. The summed E-state index contributed by atoms with van der Waals surface area (Å²) in [5.74, 6) is -0.294. The van der Waals surface area contributed by atoms with Gasteiger partial charge < -0.3 is 4.74 Å². The van der Waals surface area contributed by atoms with Crippen LogP contribution in [-0.2, 0) is 19.6 Å². The van der Waals surface area contributed by atoms with Crippen molar-refractivity contribution >= 4 is 44.2 Å². The van der Waals surface area contributed by atoms with Crippen LogP contribution in [0.2, 0.25) is 0 Å². The maximum Gasteiger partial charge on any atom is 0.316 e. The monoisotopic (exact) mass is 373 g/mol. The van der Waals surface area contributed by atoms with E-state index in [4.69, 9.17) is 0 Å². The first-order valence-corrected chi connectivity index (χ1v) is 9.73. The van der Waals surface area contributed by atoms with Crippen molar-refractivity contribution in [3.63, 3.8) is 0 Å². The van der Waals surface area contributed by atoms with Crippen molar-refractivity contribution in [2.24, 2.45) is 0 Å². The number of nitrogens with zero attached hydrogens (tertiary/aromatic N) is 2. The molecule has 0 aliphatic heterocycles. The molecule has 0 atom stereocenters. The van der Waals surface area contributed by atoms with Crippen LogP contribution in [0.1, 0.15) is 11.1 Å². The molecule has 0 aliphatic carbocycles. The molecule has 7 nitrogen and oxygen atoms in total. The quantitative estimate of drug-likeness (QED) is 0.612. The van der Waals surface area contributed by atoms with Crippen molar-refractivity contribution in [2.75, 3.05) is 17.6 Å². The largest absolute Gasteiger partial charge is 0.468 e.